The Hall–Kier alpha value is -1.78. The molecule has 4 unspecified atom stereocenters. The summed E-state index contributed by atoms with van der Waals surface area (Å²) in [5.74, 6) is 4.62. The molecule has 3 heterocycles. The molecule has 3 aliphatic rings. The Morgan fingerprint density at radius 1 is 1.20 bits per heavy atom. The van der Waals surface area contributed by atoms with Crippen LogP contribution in [0, 0.1) is 24.7 Å². The molecule has 1 saturated heterocycles. The Kier molecular flexibility index (Phi) is 3.64. The first-order chi connectivity index (χ1) is 12.2. The van der Waals surface area contributed by atoms with E-state index in [9.17, 15) is 0 Å². The number of anilines is 2. The van der Waals surface area contributed by atoms with Gasteiger partial charge in [0, 0.05) is 24.8 Å². The summed E-state index contributed by atoms with van der Waals surface area (Å²) >= 11 is 0. The molecule has 25 heavy (non-hydrogen) atoms. The fraction of sp³-hybridized carbons (Fsp3) is 0.700. The number of aromatic nitrogens is 3. The van der Waals surface area contributed by atoms with Crippen LogP contribution >= 0.6 is 0 Å². The number of aryl methyl sites for hydroxylation is 1. The Bertz CT molecular complexity index is 776. The van der Waals surface area contributed by atoms with Gasteiger partial charge in [0.05, 0.1) is 5.39 Å². The number of rotatable bonds is 4. The summed E-state index contributed by atoms with van der Waals surface area (Å²) in [7, 11) is 0. The Morgan fingerprint density at radius 3 is 2.76 bits per heavy atom. The number of fused-ring (bicyclic) bond motifs is 3. The molecule has 0 spiro atoms. The third-order valence-corrected chi connectivity index (χ3v) is 6.80. The highest BCUT2D eigenvalue weighted by Gasteiger charge is 2.42. The smallest absolute Gasteiger partial charge is 0.229 e. The van der Waals surface area contributed by atoms with Gasteiger partial charge in [-0.05, 0) is 69.8 Å². The van der Waals surface area contributed by atoms with Gasteiger partial charge >= 0.3 is 0 Å². The van der Waals surface area contributed by atoms with Crippen molar-refractivity contribution in [1.29, 1.82) is 0 Å². The van der Waals surface area contributed by atoms with Crippen molar-refractivity contribution in [3.8, 4) is 0 Å². The topological polar surface area (TPSA) is 56.8 Å². The third kappa shape index (κ3) is 2.68. The zero-order chi connectivity index (χ0) is 17.0. The molecular weight excluding hydrogens is 310 g/mol. The number of hydrogen-bond acceptors (Lipinski definition) is 4. The van der Waals surface area contributed by atoms with E-state index in [-0.39, 0.29) is 0 Å². The van der Waals surface area contributed by atoms with Crippen LogP contribution in [-0.2, 0) is 0 Å². The fourth-order valence-corrected chi connectivity index (χ4v) is 5.53. The SMILES string of the molecule is Cc1cc2c(NC(C)C3CC4CCC3C4)nc(N3CCCC3)nc2[nH]1. The first-order valence-corrected chi connectivity index (χ1v) is 10.1. The Labute approximate surface area is 149 Å². The van der Waals surface area contributed by atoms with Crippen molar-refractivity contribution in [3.63, 3.8) is 0 Å². The molecule has 2 aromatic rings. The van der Waals surface area contributed by atoms with Crippen molar-refractivity contribution < 1.29 is 0 Å². The molecule has 0 radical (unpaired) electrons. The predicted octanol–water partition coefficient (Wildman–Crippen LogP) is 4.10. The van der Waals surface area contributed by atoms with Gasteiger partial charge in [-0.2, -0.15) is 9.97 Å². The molecule has 5 rings (SSSR count). The van der Waals surface area contributed by atoms with E-state index in [2.05, 4.69) is 35.1 Å². The quantitative estimate of drug-likeness (QED) is 0.880. The zero-order valence-corrected chi connectivity index (χ0v) is 15.4. The minimum absolute atomic E-state index is 0.482. The molecule has 1 aliphatic heterocycles. The van der Waals surface area contributed by atoms with Gasteiger partial charge in [0.1, 0.15) is 11.5 Å². The molecule has 2 saturated carbocycles. The highest BCUT2D eigenvalue weighted by atomic mass is 15.3. The average Bonchev–Trinajstić information content (AvgIpc) is 3.37. The van der Waals surface area contributed by atoms with Crippen LogP contribution in [0.3, 0.4) is 0 Å². The second-order valence-electron chi connectivity index (χ2n) is 8.55. The van der Waals surface area contributed by atoms with Gasteiger partial charge in [0.15, 0.2) is 0 Å². The van der Waals surface area contributed by atoms with E-state index in [0.717, 1.165) is 59.3 Å². The summed E-state index contributed by atoms with van der Waals surface area (Å²) in [6.07, 6.45) is 8.24. The van der Waals surface area contributed by atoms with Gasteiger partial charge in [-0.3, -0.25) is 0 Å². The maximum Gasteiger partial charge on any atom is 0.229 e. The van der Waals surface area contributed by atoms with Crippen molar-refractivity contribution >= 4 is 22.8 Å². The van der Waals surface area contributed by atoms with Crippen LogP contribution in [0.25, 0.3) is 11.0 Å². The van der Waals surface area contributed by atoms with Gasteiger partial charge < -0.3 is 15.2 Å². The van der Waals surface area contributed by atoms with Crippen LogP contribution in [0.15, 0.2) is 6.07 Å². The number of aromatic amines is 1. The highest BCUT2D eigenvalue weighted by Crippen LogP contribution is 2.50. The Morgan fingerprint density at radius 2 is 2.04 bits per heavy atom. The summed E-state index contributed by atoms with van der Waals surface area (Å²) in [5.41, 5.74) is 2.12. The van der Waals surface area contributed by atoms with E-state index in [0.29, 0.717) is 6.04 Å². The van der Waals surface area contributed by atoms with Crippen LogP contribution in [0.2, 0.25) is 0 Å². The lowest BCUT2D eigenvalue weighted by Gasteiger charge is -2.29. The first kappa shape index (κ1) is 15.5. The van der Waals surface area contributed by atoms with E-state index in [1.807, 2.05) is 0 Å². The molecular formula is C20H29N5. The van der Waals surface area contributed by atoms with E-state index in [1.165, 1.54) is 38.5 Å². The molecule has 2 aliphatic carbocycles. The summed E-state index contributed by atoms with van der Waals surface area (Å²) in [5, 5.41) is 4.93. The lowest BCUT2D eigenvalue weighted by molar-refractivity contribution is 0.304. The number of hydrogen-bond donors (Lipinski definition) is 2. The van der Waals surface area contributed by atoms with Crippen LogP contribution in [0.1, 0.15) is 51.1 Å². The van der Waals surface area contributed by atoms with E-state index in [4.69, 9.17) is 9.97 Å². The molecule has 4 atom stereocenters. The van der Waals surface area contributed by atoms with Crippen molar-refractivity contribution in [3.05, 3.63) is 11.8 Å². The standard InChI is InChI=1S/C20H29N5/c1-12-9-17-18(21-12)23-20(25-7-3-4-8-25)24-19(17)22-13(2)16-11-14-5-6-15(16)10-14/h9,13-16H,3-8,10-11H2,1-2H3,(H2,21,22,23,24). The molecule has 2 N–H and O–H groups in total. The van der Waals surface area contributed by atoms with Gasteiger partial charge in [0.25, 0.3) is 0 Å². The molecule has 5 heteroatoms. The number of nitrogens with zero attached hydrogens (tertiary/aromatic N) is 3. The number of nitrogens with one attached hydrogen (secondary N) is 2. The molecule has 3 fully saturated rings. The van der Waals surface area contributed by atoms with Gasteiger partial charge in [-0.25, -0.2) is 0 Å². The molecule has 2 aromatic heterocycles. The van der Waals surface area contributed by atoms with E-state index < -0.39 is 0 Å². The van der Waals surface area contributed by atoms with Crippen molar-refractivity contribution in [2.45, 2.75) is 58.4 Å². The van der Waals surface area contributed by atoms with Crippen LogP contribution in [-0.4, -0.2) is 34.1 Å². The monoisotopic (exact) mass is 339 g/mol. The predicted molar refractivity (Wildman–Crippen MR) is 102 cm³/mol. The zero-order valence-electron chi connectivity index (χ0n) is 15.4. The van der Waals surface area contributed by atoms with Crippen LogP contribution < -0.4 is 10.2 Å². The molecule has 2 bridgehead atoms. The normalized spacial score (nSPS) is 29.7. The third-order valence-electron chi connectivity index (χ3n) is 6.80. The minimum atomic E-state index is 0.482. The Balaban J connectivity index is 1.46. The van der Waals surface area contributed by atoms with Gasteiger partial charge in [-0.15, -0.1) is 0 Å². The summed E-state index contributed by atoms with van der Waals surface area (Å²) < 4.78 is 0. The van der Waals surface area contributed by atoms with Gasteiger partial charge in [-0.1, -0.05) is 6.42 Å². The van der Waals surface area contributed by atoms with Crippen LogP contribution in [0.5, 0.6) is 0 Å². The van der Waals surface area contributed by atoms with Crippen molar-refractivity contribution in [1.82, 2.24) is 15.0 Å². The minimum Gasteiger partial charge on any atom is -0.367 e. The van der Waals surface area contributed by atoms with E-state index in [1.54, 1.807) is 0 Å². The lowest BCUT2D eigenvalue weighted by atomic mass is 9.84. The number of H-pyrrole nitrogens is 1. The highest BCUT2D eigenvalue weighted by molar-refractivity contribution is 5.89. The summed E-state index contributed by atoms with van der Waals surface area (Å²) in [6.45, 7) is 6.60. The van der Waals surface area contributed by atoms with E-state index >= 15 is 0 Å². The molecule has 134 valence electrons. The maximum atomic E-state index is 4.95. The fourth-order valence-electron chi connectivity index (χ4n) is 5.53. The molecule has 0 amide bonds. The lowest BCUT2D eigenvalue weighted by Crippen LogP contribution is -2.30. The average molecular weight is 339 g/mol. The first-order valence-electron chi connectivity index (χ1n) is 10.1. The van der Waals surface area contributed by atoms with Crippen molar-refractivity contribution in [2.24, 2.45) is 17.8 Å². The second kappa shape index (κ2) is 5.89. The van der Waals surface area contributed by atoms with Crippen molar-refractivity contribution in [2.75, 3.05) is 23.3 Å². The summed E-state index contributed by atoms with van der Waals surface area (Å²) in [6, 6.07) is 2.66. The largest absolute Gasteiger partial charge is 0.367 e. The summed E-state index contributed by atoms with van der Waals surface area (Å²) in [4.78, 5) is 15.5. The maximum absolute atomic E-state index is 4.95. The van der Waals surface area contributed by atoms with Crippen LogP contribution in [0.4, 0.5) is 11.8 Å². The second-order valence-corrected chi connectivity index (χ2v) is 8.55. The molecule has 0 aromatic carbocycles. The molecule has 5 nitrogen and oxygen atoms in total. The van der Waals surface area contributed by atoms with Gasteiger partial charge in [0.2, 0.25) is 5.95 Å².